The van der Waals surface area contributed by atoms with E-state index in [0.29, 0.717) is 5.69 Å². The Hall–Kier alpha value is -1.82. The Kier molecular flexibility index (Phi) is 4.90. The van der Waals surface area contributed by atoms with Gasteiger partial charge in [-0.05, 0) is 45.2 Å². The fourth-order valence-corrected chi connectivity index (χ4v) is 2.21. The number of likely N-dealkylation sites (N-methyl/N-ethyl adjacent to an activating group) is 1. The molecule has 22 heavy (non-hydrogen) atoms. The van der Waals surface area contributed by atoms with Crippen molar-refractivity contribution in [1.82, 2.24) is 4.90 Å². The van der Waals surface area contributed by atoms with E-state index in [2.05, 4.69) is 5.32 Å². The molecule has 1 aromatic carbocycles. The summed E-state index contributed by atoms with van der Waals surface area (Å²) >= 11 is 0. The van der Waals surface area contributed by atoms with Gasteiger partial charge in [0.2, 0.25) is 0 Å². The number of anilines is 1. The van der Waals surface area contributed by atoms with E-state index in [4.69, 9.17) is 4.74 Å². The van der Waals surface area contributed by atoms with Crippen molar-refractivity contribution < 1.29 is 19.0 Å². The SMILES string of the molecule is CN(CC(C)(C)O)C(=O)Nc1ccc(OC2CCC2)c(F)c1. The number of aliphatic hydroxyl groups is 1. The average Bonchev–Trinajstić information content (AvgIpc) is 2.33. The van der Waals surface area contributed by atoms with E-state index in [1.54, 1.807) is 27.0 Å². The molecule has 0 spiro atoms. The van der Waals surface area contributed by atoms with Gasteiger partial charge in [0, 0.05) is 18.8 Å². The van der Waals surface area contributed by atoms with Crippen LogP contribution in [0.15, 0.2) is 18.2 Å². The number of halogens is 1. The Morgan fingerprint density at radius 2 is 2.18 bits per heavy atom. The normalized spacial score (nSPS) is 15.1. The summed E-state index contributed by atoms with van der Waals surface area (Å²) in [6.45, 7) is 3.40. The fourth-order valence-electron chi connectivity index (χ4n) is 2.21. The molecule has 1 aliphatic carbocycles. The maximum atomic E-state index is 14.0. The van der Waals surface area contributed by atoms with Crippen molar-refractivity contribution in [3.63, 3.8) is 0 Å². The van der Waals surface area contributed by atoms with E-state index in [1.165, 1.54) is 17.0 Å². The topological polar surface area (TPSA) is 61.8 Å². The monoisotopic (exact) mass is 310 g/mol. The lowest BCUT2D eigenvalue weighted by Crippen LogP contribution is -2.41. The molecule has 1 fully saturated rings. The Labute approximate surface area is 130 Å². The highest BCUT2D eigenvalue weighted by atomic mass is 19.1. The van der Waals surface area contributed by atoms with Crippen molar-refractivity contribution in [2.75, 3.05) is 18.9 Å². The van der Waals surface area contributed by atoms with Crippen molar-refractivity contribution in [3.05, 3.63) is 24.0 Å². The number of urea groups is 1. The van der Waals surface area contributed by atoms with E-state index in [9.17, 15) is 14.3 Å². The number of benzene rings is 1. The molecule has 2 amide bonds. The van der Waals surface area contributed by atoms with Crippen LogP contribution in [0.3, 0.4) is 0 Å². The zero-order valence-corrected chi connectivity index (χ0v) is 13.2. The maximum absolute atomic E-state index is 14.0. The van der Waals surface area contributed by atoms with Crippen LogP contribution < -0.4 is 10.1 Å². The molecule has 2 N–H and O–H groups in total. The average molecular weight is 310 g/mol. The summed E-state index contributed by atoms with van der Waals surface area (Å²) in [7, 11) is 1.57. The van der Waals surface area contributed by atoms with Crippen LogP contribution in [-0.4, -0.2) is 41.3 Å². The predicted octanol–water partition coefficient (Wildman–Crippen LogP) is 2.99. The van der Waals surface area contributed by atoms with Crippen molar-refractivity contribution in [2.45, 2.75) is 44.8 Å². The van der Waals surface area contributed by atoms with Gasteiger partial charge in [0.05, 0.1) is 18.2 Å². The number of hydrogen-bond donors (Lipinski definition) is 2. The van der Waals surface area contributed by atoms with Crippen LogP contribution in [-0.2, 0) is 0 Å². The van der Waals surface area contributed by atoms with Crippen LogP contribution in [0.2, 0.25) is 0 Å². The molecular formula is C16H23FN2O3. The number of amides is 2. The van der Waals surface area contributed by atoms with E-state index in [1.807, 2.05) is 0 Å². The molecule has 5 nitrogen and oxygen atoms in total. The molecule has 1 aromatic rings. The van der Waals surface area contributed by atoms with Crippen LogP contribution in [0.1, 0.15) is 33.1 Å². The number of carbonyl (C=O) groups excluding carboxylic acids is 1. The number of hydrogen-bond acceptors (Lipinski definition) is 3. The van der Waals surface area contributed by atoms with Crippen LogP contribution in [0, 0.1) is 5.82 Å². The zero-order chi connectivity index (χ0) is 16.3. The summed E-state index contributed by atoms with van der Waals surface area (Å²) in [6, 6.07) is 3.96. The molecule has 2 rings (SSSR count). The number of ether oxygens (including phenoxy) is 1. The Balaban J connectivity index is 1.94. The van der Waals surface area contributed by atoms with Gasteiger partial charge >= 0.3 is 6.03 Å². The molecule has 6 heteroatoms. The van der Waals surface area contributed by atoms with Gasteiger partial charge in [0.15, 0.2) is 11.6 Å². The highest BCUT2D eigenvalue weighted by molar-refractivity contribution is 5.89. The quantitative estimate of drug-likeness (QED) is 0.879. The third kappa shape index (κ3) is 4.59. The standard InChI is InChI=1S/C16H23FN2O3/c1-16(2,21)10-19(3)15(20)18-11-7-8-14(13(17)9-11)22-12-5-4-6-12/h7-9,12,21H,4-6,10H2,1-3H3,(H,18,20). The minimum absolute atomic E-state index is 0.105. The predicted molar refractivity (Wildman–Crippen MR) is 82.6 cm³/mol. The van der Waals surface area contributed by atoms with Gasteiger partial charge in [-0.2, -0.15) is 0 Å². The Morgan fingerprint density at radius 3 is 2.68 bits per heavy atom. The molecule has 0 radical (unpaired) electrons. The minimum Gasteiger partial charge on any atom is -0.487 e. The number of rotatable bonds is 5. The number of nitrogens with one attached hydrogen (secondary N) is 1. The molecule has 0 bridgehead atoms. The van der Waals surface area contributed by atoms with E-state index in [-0.39, 0.29) is 18.4 Å². The summed E-state index contributed by atoms with van der Waals surface area (Å²) in [4.78, 5) is 13.3. The summed E-state index contributed by atoms with van der Waals surface area (Å²) in [5.41, 5.74) is -0.635. The van der Waals surface area contributed by atoms with Gasteiger partial charge in [-0.1, -0.05) is 0 Å². The van der Waals surface area contributed by atoms with Gasteiger partial charge in [-0.25, -0.2) is 9.18 Å². The van der Waals surface area contributed by atoms with E-state index >= 15 is 0 Å². The second-order valence-corrected chi connectivity index (χ2v) is 6.41. The Bertz CT molecular complexity index is 539. The van der Waals surface area contributed by atoms with Crippen LogP contribution in [0.25, 0.3) is 0 Å². The maximum Gasteiger partial charge on any atom is 0.321 e. The number of nitrogens with zero attached hydrogens (tertiary/aromatic N) is 1. The van der Waals surface area contributed by atoms with Crippen molar-refractivity contribution >= 4 is 11.7 Å². The van der Waals surface area contributed by atoms with Gasteiger partial charge < -0.3 is 20.1 Å². The molecular weight excluding hydrogens is 287 g/mol. The van der Waals surface area contributed by atoms with Crippen molar-refractivity contribution in [2.24, 2.45) is 0 Å². The molecule has 0 aromatic heterocycles. The zero-order valence-electron chi connectivity index (χ0n) is 13.2. The second kappa shape index (κ2) is 6.52. The fraction of sp³-hybridized carbons (Fsp3) is 0.562. The highest BCUT2D eigenvalue weighted by Crippen LogP contribution is 2.28. The first-order valence-electron chi connectivity index (χ1n) is 7.45. The molecule has 0 aliphatic heterocycles. The molecule has 0 saturated heterocycles. The lowest BCUT2D eigenvalue weighted by atomic mass is 9.96. The summed E-state index contributed by atoms with van der Waals surface area (Å²) in [5.74, 6) is -0.276. The molecule has 0 atom stereocenters. The third-order valence-electron chi connectivity index (χ3n) is 3.50. The third-order valence-corrected chi connectivity index (χ3v) is 3.50. The van der Waals surface area contributed by atoms with E-state index < -0.39 is 17.4 Å². The molecule has 0 unspecified atom stereocenters. The molecule has 122 valence electrons. The molecule has 1 aliphatic rings. The van der Waals surface area contributed by atoms with Gasteiger partial charge in [-0.3, -0.25) is 0 Å². The van der Waals surface area contributed by atoms with Gasteiger partial charge in [0.25, 0.3) is 0 Å². The van der Waals surface area contributed by atoms with Crippen molar-refractivity contribution in [1.29, 1.82) is 0 Å². The van der Waals surface area contributed by atoms with Crippen molar-refractivity contribution in [3.8, 4) is 5.75 Å². The Morgan fingerprint density at radius 1 is 1.50 bits per heavy atom. The lowest BCUT2D eigenvalue weighted by molar-refractivity contribution is 0.0550. The summed E-state index contributed by atoms with van der Waals surface area (Å²) in [5, 5.41) is 12.3. The largest absolute Gasteiger partial charge is 0.487 e. The molecule has 0 heterocycles. The second-order valence-electron chi connectivity index (χ2n) is 6.41. The van der Waals surface area contributed by atoms with Crippen LogP contribution >= 0.6 is 0 Å². The van der Waals surface area contributed by atoms with Crippen LogP contribution in [0.5, 0.6) is 5.75 Å². The summed E-state index contributed by atoms with van der Waals surface area (Å²) < 4.78 is 19.5. The van der Waals surface area contributed by atoms with Gasteiger partial charge in [0.1, 0.15) is 0 Å². The van der Waals surface area contributed by atoms with Gasteiger partial charge in [-0.15, -0.1) is 0 Å². The first kappa shape index (κ1) is 16.5. The summed E-state index contributed by atoms with van der Waals surface area (Å²) in [6.07, 6.45) is 3.14. The first-order chi connectivity index (χ1) is 10.2. The number of carbonyl (C=O) groups is 1. The van der Waals surface area contributed by atoms with E-state index in [0.717, 1.165) is 19.3 Å². The van der Waals surface area contributed by atoms with Crippen LogP contribution in [0.4, 0.5) is 14.9 Å². The lowest BCUT2D eigenvalue weighted by Gasteiger charge is -2.27. The molecule has 1 saturated carbocycles. The minimum atomic E-state index is -0.988. The first-order valence-corrected chi connectivity index (χ1v) is 7.45. The smallest absolute Gasteiger partial charge is 0.321 e. The highest BCUT2D eigenvalue weighted by Gasteiger charge is 2.22.